The summed E-state index contributed by atoms with van der Waals surface area (Å²) in [6.07, 6.45) is -3.08. The third-order valence-electron chi connectivity index (χ3n) is 1.96. The highest BCUT2D eigenvalue weighted by molar-refractivity contribution is 4.93. The number of ether oxygens (including phenoxy) is 1. The number of aliphatic hydroxyl groups excluding tert-OH is 1. The van der Waals surface area contributed by atoms with Gasteiger partial charge < -0.3 is 9.84 Å². The summed E-state index contributed by atoms with van der Waals surface area (Å²) >= 11 is 0. The fourth-order valence-corrected chi connectivity index (χ4v) is 1.24. The molecule has 0 saturated carbocycles. The fourth-order valence-electron chi connectivity index (χ4n) is 1.24. The number of aromatic nitrogens is 3. The summed E-state index contributed by atoms with van der Waals surface area (Å²) in [6, 6.07) is 0. The van der Waals surface area contributed by atoms with Gasteiger partial charge in [0, 0.05) is 26.3 Å². The van der Waals surface area contributed by atoms with E-state index in [1.807, 2.05) is 0 Å². The highest BCUT2D eigenvalue weighted by atomic mass is 19.4. The lowest BCUT2D eigenvalue weighted by Crippen LogP contribution is -2.20. The summed E-state index contributed by atoms with van der Waals surface area (Å²) in [5.74, 6) is 0. The van der Waals surface area contributed by atoms with Gasteiger partial charge in [-0.1, -0.05) is 5.21 Å². The van der Waals surface area contributed by atoms with Gasteiger partial charge in [0.25, 0.3) is 0 Å². The number of aliphatic hydroxyl groups is 1. The van der Waals surface area contributed by atoms with E-state index in [-0.39, 0.29) is 19.4 Å². The van der Waals surface area contributed by atoms with Crippen molar-refractivity contribution >= 4 is 0 Å². The molecule has 1 heterocycles. The van der Waals surface area contributed by atoms with Crippen molar-refractivity contribution in [1.29, 1.82) is 0 Å². The summed E-state index contributed by atoms with van der Waals surface area (Å²) in [6.45, 7) is -1.42. The van der Waals surface area contributed by atoms with Crippen LogP contribution in [0.5, 0.6) is 0 Å². The Hall–Kier alpha value is -1.15. The minimum Gasteiger partial charge on any atom is -0.393 e. The summed E-state index contributed by atoms with van der Waals surface area (Å²) in [4.78, 5) is 0. The Morgan fingerprint density at radius 2 is 2.24 bits per heavy atom. The van der Waals surface area contributed by atoms with Crippen LogP contribution in [0.15, 0.2) is 6.20 Å². The van der Waals surface area contributed by atoms with Crippen molar-refractivity contribution in [1.82, 2.24) is 15.0 Å². The summed E-state index contributed by atoms with van der Waals surface area (Å²) < 4.78 is 41.0. The molecular weight excluding hydrogens is 239 g/mol. The summed E-state index contributed by atoms with van der Waals surface area (Å²) in [7, 11) is 1.69. The predicted molar refractivity (Wildman–Crippen MR) is 52.2 cm³/mol. The van der Waals surface area contributed by atoms with Crippen LogP contribution in [0.2, 0.25) is 0 Å². The highest BCUT2D eigenvalue weighted by Crippen LogP contribution is 2.14. The van der Waals surface area contributed by atoms with Crippen molar-refractivity contribution in [3.05, 3.63) is 11.9 Å². The van der Waals surface area contributed by atoms with E-state index in [4.69, 9.17) is 0 Å². The molecule has 0 aliphatic heterocycles. The molecule has 0 aromatic carbocycles. The first kappa shape index (κ1) is 13.9. The maximum atomic E-state index is 11.7. The van der Waals surface area contributed by atoms with Gasteiger partial charge in [0.15, 0.2) is 0 Å². The molecule has 17 heavy (non-hydrogen) atoms. The smallest absolute Gasteiger partial charge is 0.393 e. The summed E-state index contributed by atoms with van der Waals surface area (Å²) in [5, 5.41) is 16.9. The van der Waals surface area contributed by atoms with E-state index in [1.54, 1.807) is 13.2 Å². The Bertz CT molecular complexity index is 340. The third-order valence-corrected chi connectivity index (χ3v) is 1.96. The van der Waals surface area contributed by atoms with Crippen molar-refractivity contribution in [2.45, 2.75) is 25.1 Å². The molecule has 0 radical (unpaired) electrons. The zero-order valence-electron chi connectivity index (χ0n) is 9.31. The van der Waals surface area contributed by atoms with Crippen LogP contribution in [0.3, 0.4) is 0 Å². The molecule has 0 bridgehead atoms. The molecule has 0 aliphatic rings. The van der Waals surface area contributed by atoms with Crippen LogP contribution in [0.4, 0.5) is 13.2 Å². The monoisotopic (exact) mass is 253 g/mol. The second-order valence-corrected chi connectivity index (χ2v) is 3.70. The molecule has 98 valence electrons. The molecule has 0 amide bonds. The Labute approximate surface area is 96.2 Å². The van der Waals surface area contributed by atoms with Crippen molar-refractivity contribution in [3.63, 3.8) is 0 Å². The normalized spacial score (nSPS) is 13.9. The number of hydrogen-bond donors (Lipinski definition) is 1. The van der Waals surface area contributed by atoms with E-state index in [0.717, 1.165) is 0 Å². The predicted octanol–water partition coefficient (Wildman–Crippen LogP) is 0.687. The lowest BCUT2D eigenvalue weighted by molar-refractivity contribution is -0.175. The molecule has 0 fully saturated rings. The van der Waals surface area contributed by atoms with Crippen molar-refractivity contribution < 1.29 is 23.0 Å². The van der Waals surface area contributed by atoms with Crippen LogP contribution in [0.1, 0.15) is 12.1 Å². The molecule has 1 unspecified atom stereocenters. The molecule has 1 N–H and O–H groups in total. The number of rotatable bonds is 6. The standard InChI is InChI=1S/C9H14F3N3O2/c1-15-5-7(13-14-15)4-8(16)2-3-17-6-9(10,11)12/h5,8,16H,2-4,6H2,1H3. The third kappa shape index (κ3) is 6.22. The molecule has 0 spiro atoms. The second-order valence-electron chi connectivity index (χ2n) is 3.70. The molecule has 1 aromatic rings. The van der Waals surface area contributed by atoms with Crippen LogP contribution in [-0.4, -0.2) is 45.6 Å². The second kappa shape index (κ2) is 5.97. The average molecular weight is 253 g/mol. The molecule has 1 atom stereocenters. The molecule has 1 aromatic heterocycles. The quantitative estimate of drug-likeness (QED) is 0.758. The highest BCUT2D eigenvalue weighted by Gasteiger charge is 2.27. The first-order valence-electron chi connectivity index (χ1n) is 5.04. The van der Waals surface area contributed by atoms with E-state index in [1.165, 1.54) is 4.68 Å². The number of halogens is 3. The summed E-state index contributed by atoms with van der Waals surface area (Å²) in [5.41, 5.74) is 0.593. The largest absolute Gasteiger partial charge is 0.411 e. The Kier molecular flexibility index (Phi) is 4.88. The van der Waals surface area contributed by atoms with Gasteiger partial charge in [0.1, 0.15) is 6.61 Å². The molecule has 0 saturated heterocycles. The van der Waals surface area contributed by atoms with Gasteiger partial charge in [-0.2, -0.15) is 13.2 Å². The van der Waals surface area contributed by atoms with Crippen LogP contribution in [0.25, 0.3) is 0 Å². The van der Waals surface area contributed by atoms with Crippen molar-refractivity contribution in [3.8, 4) is 0 Å². The minimum absolute atomic E-state index is 0.132. The lowest BCUT2D eigenvalue weighted by Gasteiger charge is -2.10. The zero-order valence-corrected chi connectivity index (χ0v) is 9.31. The lowest BCUT2D eigenvalue weighted by atomic mass is 10.1. The number of alkyl halides is 3. The topological polar surface area (TPSA) is 60.2 Å². The SMILES string of the molecule is Cn1cc(CC(O)CCOCC(F)(F)F)nn1. The Balaban J connectivity index is 2.15. The molecule has 8 heteroatoms. The van der Waals surface area contributed by atoms with Gasteiger partial charge in [-0.3, -0.25) is 4.68 Å². The maximum Gasteiger partial charge on any atom is 0.411 e. The van der Waals surface area contributed by atoms with Crippen LogP contribution < -0.4 is 0 Å². The molecule has 1 rings (SSSR count). The number of nitrogens with zero attached hydrogens (tertiary/aromatic N) is 3. The van der Waals surface area contributed by atoms with Gasteiger partial charge >= 0.3 is 6.18 Å². The van der Waals surface area contributed by atoms with E-state index in [0.29, 0.717) is 5.69 Å². The Morgan fingerprint density at radius 3 is 2.76 bits per heavy atom. The van der Waals surface area contributed by atoms with Crippen LogP contribution >= 0.6 is 0 Å². The van der Waals surface area contributed by atoms with Crippen LogP contribution in [0, 0.1) is 0 Å². The number of hydrogen-bond acceptors (Lipinski definition) is 4. The average Bonchev–Trinajstić information content (AvgIpc) is 2.57. The van der Waals surface area contributed by atoms with Gasteiger partial charge in [-0.25, -0.2) is 0 Å². The van der Waals surface area contributed by atoms with Crippen molar-refractivity contribution in [2.75, 3.05) is 13.2 Å². The van der Waals surface area contributed by atoms with Crippen LogP contribution in [-0.2, 0) is 18.2 Å². The molecular formula is C9H14F3N3O2. The van der Waals surface area contributed by atoms with Crippen molar-refractivity contribution in [2.24, 2.45) is 7.05 Å². The van der Waals surface area contributed by atoms with E-state index >= 15 is 0 Å². The van der Waals surface area contributed by atoms with Gasteiger partial charge in [0.2, 0.25) is 0 Å². The molecule has 0 aliphatic carbocycles. The van der Waals surface area contributed by atoms with E-state index in [2.05, 4.69) is 15.0 Å². The van der Waals surface area contributed by atoms with E-state index in [9.17, 15) is 18.3 Å². The first-order chi connectivity index (χ1) is 7.87. The first-order valence-corrected chi connectivity index (χ1v) is 5.04. The number of aryl methyl sites for hydroxylation is 1. The zero-order chi connectivity index (χ0) is 12.9. The maximum absolute atomic E-state index is 11.7. The van der Waals surface area contributed by atoms with Gasteiger partial charge in [0.05, 0.1) is 11.8 Å². The minimum atomic E-state index is -4.32. The van der Waals surface area contributed by atoms with Gasteiger partial charge in [-0.15, -0.1) is 5.10 Å². The van der Waals surface area contributed by atoms with E-state index < -0.39 is 18.9 Å². The Morgan fingerprint density at radius 1 is 1.53 bits per heavy atom. The van der Waals surface area contributed by atoms with Gasteiger partial charge in [-0.05, 0) is 6.42 Å². The fraction of sp³-hybridized carbons (Fsp3) is 0.778. The molecule has 5 nitrogen and oxygen atoms in total.